The molecule has 3 amide bonds. The molecule has 1 heterocycles. The topological polar surface area (TPSA) is 98.7 Å². The van der Waals surface area contributed by atoms with Gasteiger partial charge in [0.25, 0.3) is 0 Å². The number of nitrogens with one attached hydrogen (secondary N) is 2. The van der Waals surface area contributed by atoms with E-state index in [1.165, 1.54) is 0 Å². The molecule has 0 aliphatic carbocycles. The summed E-state index contributed by atoms with van der Waals surface area (Å²) in [6.45, 7) is 2.90. The first kappa shape index (κ1) is 28.8. The maximum Gasteiger partial charge on any atom is 0.315 e. The number of unbranched alkanes of at least 4 members (excludes halogenated alkanes) is 1. The van der Waals surface area contributed by atoms with Gasteiger partial charge in [0.1, 0.15) is 6.04 Å². The molecule has 7 nitrogen and oxygen atoms in total. The standard InChI is InChI=1S/C32H35N3O4S/c1-2-3-18-28(31(38)35(22-25-15-10-19-40-25)21-23-11-5-4-6-12-23)33-32(39)34-29(20-30(36)37)27-17-9-14-24-13-7-8-16-26(24)27/h4-17,19,28-29H,2-3,18,20-22H2,1H3,(H,36,37)(H2,33,34,39)/t28-,29?/m0/s1. The molecule has 3 aromatic carbocycles. The molecular formula is C32H35N3O4S. The van der Waals surface area contributed by atoms with Crippen molar-refractivity contribution in [1.82, 2.24) is 15.5 Å². The van der Waals surface area contributed by atoms with E-state index in [0.29, 0.717) is 19.5 Å². The van der Waals surface area contributed by atoms with Crippen LogP contribution in [0.25, 0.3) is 10.8 Å². The van der Waals surface area contributed by atoms with E-state index in [1.54, 1.807) is 16.2 Å². The van der Waals surface area contributed by atoms with E-state index in [4.69, 9.17) is 0 Å². The lowest BCUT2D eigenvalue weighted by Gasteiger charge is -2.29. The van der Waals surface area contributed by atoms with Gasteiger partial charge in [-0.05, 0) is 39.8 Å². The summed E-state index contributed by atoms with van der Waals surface area (Å²) < 4.78 is 0. The van der Waals surface area contributed by atoms with E-state index in [-0.39, 0.29) is 12.3 Å². The Kier molecular flexibility index (Phi) is 10.3. The summed E-state index contributed by atoms with van der Waals surface area (Å²) in [5.41, 5.74) is 1.72. The van der Waals surface area contributed by atoms with Crippen LogP contribution in [0.15, 0.2) is 90.3 Å². The highest BCUT2D eigenvalue weighted by molar-refractivity contribution is 7.09. The van der Waals surface area contributed by atoms with Gasteiger partial charge in [0.2, 0.25) is 5.91 Å². The Morgan fingerprint density at radius 1 is 0.875 bits per heavy atom. The highest BCUT2D eigenvalue weighted by atomic mass is 32.1. The lowest BCUT2D eigenvalue weighted by atomic mass is 9.97. The van der Waals surface area contributed by atoms with Crippen molar-refractivity contribution in [3.63, 3.8) is 0 Å². The summed E-state index contributed by atoms with van der Waals surface area (Å²) in [5.74, 6) is -1.19. The van der Waals surface area contributed by atoms with E-state index in [9.17, 15) is 19.5 Å². The molecule has 208 valence electrons. The molecule has 40 heavy (non-hydrogen) atoms. The third-order valence-electron chi connectivity index (χ3n) is 6.79. The molecule has 0 fully saturated rings. The van der Waals surface area contributed by atoms with E-state index < -0.39 is 24.1 Å². The average Bonchev–Trinajstić information content (AvgIpc) is 3.47. The van der Waals surface area contributed by atoms with Crippen molar-refractivity contribution in [2.45, 2.75) is 57.8 Å². The van der Waals surface area contributed by atoms with Crippen molar-refractivity contribution in [3.05, 3.63) is 106 Å². The Labute approximate surface area is 238 Å². The monoisotopic (exact) mass is 557 g/mol. The van der Waals surface area contributed by atoms with Crippen LogP contribution >= 0.6 is 11.3 Å². The quantitative estimate of drug-likeness (QED) is 0.175. The van der Waals surface area contributed by atoms with Crippen LogP contribution in [-0.2, 0) is 22.7 Å². The number of urea groups is 1. The van der Waals surface area contributed by atoms with Crippen LogP contribution in [0, 0.1) is 0 Å². The number of hydrogen-bond acceptors (Lipinski definition) is 4. The van der Waals surface area contributed by atoms with Gasteiger partial charge in [-0.1, -0.05) is 98.6 Å². The van der Waals surface area contributed by atoms with Gasteiger partial charge in [-0.2, -0.15) is 0 Å². The molecular weight excluding hydrogens is 522 g/mol. The van der Waals surface area contributed by atoms with Gasteiger partial charge < -0.3 is 20.6 Å². The normalized spacial score (nSPS) is 12.4. The summed E-state index contributed by atoms with van der Waals surface area (Å²) in [7, 11) is 0. The van der Waals surface area contributed by atoms with Gasteiger partial charge in [-0.15, -0.1) is 11.3 Å². The lowest BCUT2D eigenvalue weighted by molar-refractivity contribution is -0.137. The van der Waals surface area contributed by atoms with Crippen molar-refractivity contribution in [2.24, 2.45) is 0 Å². The molecule has 0 saturated heterocycles. The fourth-order valence-corrected chi connectivity index (χ4v) is 5.54. The zero-order chi connectivity index (χ0) is 28.3. The number of amides is 3. The number of carboxylic acid groups (broad SMARTS) is 1. The van der Waals surface area contributed by atoms with E-state index in [2.05, 4.69) is 10.6 Å². The number of carbonyl (C=O) groups excluding carboxylic acids is 2. The van der Waals surface area contributed by atoms with Gasteiger partial charge in [0.15, 0.2) is 0 Å². The second-order valence-corrected chi connectivity index (χ2v) is 10.8. The molecule has 0 radical (unpaired) electrons. The zero-order valence-electron chi connectivity index (χ0n) is 22.6. The zero-order valence-corrected chi connectivity index (χ0v) is 23.4. The van der Waals surface area contributed by atoms with Crippen molar-refractivity contribution >= 4 is 40.0 Å². The van der Waals surface area contributed by atoms with Crippen LogP contribution < -0.4 is 10.6 Å². The first-order valence-corrected chi connectivity index (χ1v) is 14.4. The van der Waals surface area contributed by atoms with Crippen LogP contribution in [-0.4, -0.2) is 34.0 Å². The number of carbonyl (C=O) groups is 3. The highest BCUT2D eigenvalue weighted by Gasteiger charge is 2.28. The number of fused-ring (bicyclic) bond motifs is 1. The van der Waals surface area contributed by atoms with E-state index >= 15 is 0 Å². The minimum atomic E-state index is -1.03. The molecule has 3 N–H and O–H groups in total. The Morgan fingerprint density at radius 2 is 1.62 bits per heavy atom. The van der Waals surface area contributed by atoms with Gasteiger partial charge in [-0.3, -0.25) is 9.59 Å². The predicted molar refractivity (Wildman–Crippen MR) is 159 cm³/mol. The molecule has 4 rings (SSSR count). The molecule has 0 saturated carbocycles. The molecule has 0 bridgehead atoms. The highest BCUT2D eigenvalue weighted by Crippen LogP contribution is 2.26. The minimum Gasteiger partial charge on any atom is -0.481 e. The fourth-order valence-electron chi connectivity index (χ4n) is 4.82. The number of benzene rings is 3. The largest absolute Gasteiger partial charge is 0.481 e. The number of aliphatic carboxylic acids is 1. The summed E-state index contributed by atoms with van der Waals surface area (Å²) in [6.07, 6.45) is 1.83. The first-order chi connectivity index (χ1) is 19.4. The summed E-state index contributed by atoms with van der Waals surface area (Å²) in [6, 6.07) is 25.0. The van der Waals surface area contributed by atoms with Crippen LogP contribution in [0.4, 0.5) is 4.79 Å². The molecule has 2 atom stereocenters. The molecule has 0 spiro atoms. The smallest absolute Gasteiger partial charge is 0.315 e. The molecule has 0 aliphatic heterocycles. The number of rotatable bonds is 13. The molecule has 1 aromatic heterocycles. The first-order valence-electron chi connectivity index (χ1n) is 13.6. The molecule has 1 unspecified atom stereocenters. The van der Waals surface area contributed by atoms with Crippen molar-refractivity contribution in [2.75, 3.05) is 0 Å². The average molecular weight is 558 g/mol. The Balaban J connectivity index is 1.55. The van der Waals surface area contributed by atoms with Crippen molar-refractivity contribution < 1.29 is 19.5 Å². The number of hydrogen-bond donors (Lipinski definition) is 3. The van der Waals surface area contributed by atoms with Gasteiger partial charge in [0, 0.05) is 11.4 Å². The van der Waals surface area contributed by atoms with Crippen LogP contribution in [0.1, 0.15) is 54.7 Å². The van der Waals surface area contributed by atoms with Crippen LogP contribution in [0.3, 0.4) is 0 Å². The maximum atomic E-state index is 13.9. The van der Waals surface area contributed by atoms with Crippen LogP contribution in [0.2, 0.25) is 0 Å². The van der Waals surface area contributed by atoms with Gasteiger partial charge in [-0.25, -0.2) is 4.79 Å². The van der Waals surface area contributed by atoms with Crippen molar-refractivity contribution in [1.29, 1.82) is 0 Å². The second kappa shape index (κ2) is 14.3. The number of nitrogens with zero attached hydrogens (tertiary/aromatic N) is 1. The van der Waals surface area contributed by atoms with E-state index in [1.807, 2.05) is 97.2 Å². The molecule has 0 aliphatic rings. The maximum absolute atomic E-state index is 13.9. The second-order valence-electron chi connectivity index (χ2n) is 9.79. The van der Waals surface area contributed by atoms with Gasteiger partial charge >= 0.3 is 12.0 Å². The minimum absolute atomic E-state index is 0.166. The molecule has 4 aromatic rings. The Morgan fingerprint density at radius 3 is 2.35 bits per heavy atom. The predicted octanol–water partition coefficient (Wildman–Crippen LogP) is 6.50. The number of carboxylic acids is 1. The summed E-state index contributed by atoms with van der Waals surface area (Å²) in [5, 5.41) is 19.2. The summed E-state index contributed by atoms with van der Waals surface area (Å²) >= 11 is 1.59. The lowest BCUT2D eigenvalue weighted by Crippen LogP contribution is -2.51. The Bertz CT molecular complexity index is 1400. The van der Waals surface area contributed by atoms with Gasteiger partial charge in [0.05, 0.1) is 19.0 Å². The van der Waals surface area contributed by atoms with Crippen LogP contribution in [0.5, 0.6) is 0 Å². The fraction of sp³-hybridized carbons (Fsp3) is 0.281. The molecule has 8 heteroatoms. The third kappa shape index (κ3) is 7.93. The van der Waals surface area contributed by atoms with Crippen molar-refractivity contribution in [3.8, 4) is 0 Å². The third-order valence-corrected chi connectivity index (χ3v) is 7.65. The SMILES string of the molecule is CCCC[C@H](NC(=O)NC(CC(=O)O)c1cccc2ccccc12)C(=O)N(Cc1ccccc1)Cc1cccs1. The van der Waals surface area contributed by atoms with E-state index in [0.717, 1.165) is 39.6 Å². The summed E-state index contributed by atoms with van der Waals surface area (Å²) in [4.78, 5) is 41.8. The Hall–Kier alpha value is -4.17. The number of thiophene rings is 1.